The van der Waals surface area contributed by atoms with Crippen molar-refractivity contribution < 1.29 is 24.7 Å². The van der Waals surface area contributed by atoms with E-state index in [0.29, 0.717) is 12.3 Å². The summed E-state index contributed by atoms with van der Waals surface area (Å²) in [5.41, 5.74) is -0.519. The van der Waals surface area contributed by atoms with E-state index in [-0.39, 0.29) is 0 Å². The third kappa shape index (κ3) is 14.2. The Balaban J connectivity index is 4.41. The molecular weight excluding hydrogens is 320 g/mol. The molecule has 0 aromatic rings. The lowest BCUT2D eigenvalue weighted by molar-refractivity contribution is -0.375. The van der Waals surface area contributed by atoms with Crippen LogP contribution in [-0.4, -0.2) is 22.9 Å². The van der Waals surface area contributed by atoms with E-state index < -0.39 is 17.7 Å². The van der Waals surface area contributed by atoms with Gasteiger partial charge in [-0.05, 0) is 39.5 Å². The minimum absolute atomic E-state index is 0.499. The zero-order valence-corrected chi connectivity index (χ0v) is 17.0. The van der Waals surface area contributed by atoms with Gasteiger partial charge in [0.05, 0.1) is 5.60 Å². The largest absolute Gasteiger partial charge is 0.373 e. The number of hydrogen-bond acceptors (Lipinski definition) is 5. The molecule has 0 radical (unpaired) electrons. The van der Waals surface area contributed by atoms with Crippen molar-refractivity contribution in [3.63, 3.8) is 0 Å². The summed E-state index contributed by atoms with van der Waals surface area (Å²) in [7, 11) is 0. The van der Waals surface area contributed by atoms with Crippen LogP contribution in [0.3, 0.4) is 0 Å². The molecule has 0 aliphatic heterocycles. The van der Waals surface area contributed by atoms with Gasteiger partial charge in [0, 0.05) is 0 Å². The molecule has 1 N–H and O–H groups in total. The van der Waals surface area contributed by atoms with Gasteiger partial charge in [0.2, 0.25) is 0 Å². The highest BCUT2D eigenvalue weighted by atomic mass is 17.2. The molecule has 0 aliphatic rings. The summed E-state index contributed by atoms with van der Waals surface area (Å²) < 4.78 is 0. The van der Waals surface area contributed by atoms with Crippen molar-refractivity contribution >= 4 is 5.97 Å². The van der Waals surface area contributed by atoms with Gasteiger partial charge >= 0.3 is 5.97 Å². The highest BCUT2D eigenvalue weighted by Crippen LogP contribution is 2.24. The van der Waals surface area contributed by atoms with Crippen molar-refractivity contribution in [2.45, 2.75) is 117 Å². The molecule has 2 unspecified atom stereocenters. The fourth-order valence-electron chi connectivity index (χ4n) is 2.82. The number of carbonyl (C=O) groups is 1. The van der Waals surface area contributed by atoms with Crippen LogP contribution in [0.25, 0.3) is 0 Å². The summed E-state index contributed by atoms with van der Waals surface area (Å²) in [6.07, 6.45) is 11.6. The Kier molecular flexibility index (Phi) is 14.1. The molecule has 0 spiro atoms. The minimum atomic E-state index is -0.881. The van der Waals surface area contributed by atoms with E-state index in [9.17, 15) is 4.79 Å². The second kappa shape index (κ2) is 14.5. The molecule has 5 heteroatoms. The highest BCUT2D eigenvalue weighted by molar-refractivity contribution is 5.73. The van der Waals surface area contributed by atoms with Crippen LogP contribution in [0.4, 0.5) is 0 Å². The van der Waals surface area contributed by atoms with Gasteiger partial charge in [-0.25, -0.2) is 14.6 Å². The molecular formula is C20H40O5. The molecule has 0 heterocycles. The zero-order valence-electron chi connectivity index (χ0n) is 17.0. The first-order valence-electron chi connectivity index (χ1n) is 10.0. The van der Waals surface area contributed by atoms with Crippen LogP contribution < -0.4 is 0 Å². The van der Waals surface area contributed by atoms with E-state index in [1.54, 1.807) is 0 Å². The number of rotatable bonds is 15. The maximum absolute atomic E-state index is 11.7. The van der Waals surface area contributed by atoms with Crippen LogP contribution in [0.15, 0.2) is 0 Å². The van der Waals surface area contributed by atoms with Crippen molar-refractivity contribution in [2.75, 3.05) is 0 Å². The molecule has 0 fully saturated rings. The van der Waals surface area contributed by atoms with E-state index in [1.165, 1.54) is 57.8 Å². The van der Waals surface area contributed by atoms with Crippen molar-refractivity contribution in [3.8, 4) is 0 Å². The molecule has 150 valence electrons. The van der Waals surface area contributed by atoms with Gasteiger partial charge in [0.25, 0.3) is 0 Å². The molecule has 0 aromatic heterocycles. The van der Waals surface area contributed by atoms with Crippen molar-refractivity contribution in [1.29, 1.82) is 0 Å². The third-order valence-corrected chi connectivity index (χ3v) is 4.29. The van der Waals surface area contributed by atoms with Crippen LogP contribution in [0.5, 0.6) is 0 Å². The topological polar surface area (TPSA) is 65.0 Å². The van der Waals surface area contributed by atoms with Crippen LogP contribution in [0, 0.1) is 5.92 Å². The molecule has 0 aliphatic carbocycles. The van der Waals surface area contributed by atoms with Gasteiger partial charge in [-0.2, -0.15) is 5.26 Å². The van der Waals surface area contributed by atoms with E-state index in [4.69, 9.17) is 15.0 Å². The molecule has 0 bridgehead atoms. The predicted molar refractivity (Wildman–Crippen MR) is 100 cm³/mol. The predicted octanol–water partition coefficient (Wildman–Crippen LogP) is 6.07. The molecule has 0 saturated carbocycles. The number of hydrogen-bond donors (Lipinski definition) is 1. The second-order valence-electron chi connectivity index (χ2n) is 7.98. The summed E-state index contributed by atoms with van der Waals surface area (Å²) >= 11 is 0. The fraction of sp³-hybridized carbons (Fsp3) is 0.950. The van der Waals surface area contributed by atoms with Crippen LogP contribution in [0.1, 0.15) is 105 Å². The van der Waals surface area contributed by atoms with Gasteiger partial charge in [-0.1, -0.05) is 71.6 Å². The van der Waals surface area contributed by atoms with E-state index in [2.05, 4.69) is 18.7 Å². The molecule has 0 aromatic carbocycles. The molecule has 5 nitrogen and oxygen atoms in total. The van der Waals surface area contributed by atoms with Crippen LogP contribution in [-0.2, 0) is 19.5 Å². The maximum atomic E-state index is 11.7. The molecule has 0 saturated heterocycles. The number of unbranched alkanes of at least 4 members (excludes halogenated alkanes) is 5. The monoisotopic (exact) mass is 360 g/mol. The van der Waals surface area contributed by atoms with E-state index >= 15 is 0 Å². The zero-order chi connectivity index (χ0) is 19.1. The molecule has 2 atom stereocenters. The molecule has 25 heavy (non-hydrogen) atoms. The Labute approximate surface area is 154 Å². The average molecular weight is 361 g/mol. The first-order chi connectivity index (χ1) is 11.8. The highest BCUT2D eigenvalue weighted by Gasteiger charge is 2.26. The summed E-state index contributed by atoms with van der Waals surface area (Å²) in [4.78, 5) is 26.1. The van der Waals surface area contributed by atoms with Crippen molar-refractivity contribution in [2.24, 2.45) is 5.92 Å². The van der Waals surface area contributed by atoms with Gasteiger partial charge in [-0.15, -0.1) is 0 Å². The minimum Gasteiger partial charge on any atom is -0.298 e. The molecule has 0 rings (SSSR count). The van der Waals surface area contributed by atoms with Crippen molar-refractivity contribution in [3.05, 3.63) is 0 Å². The van der Waals surface area contributed by atoms with E-state index in [0.717, 1.165) is 6.42 Å². The smallest absolute Gasteiger partial charge is 0.298 e. The lowest BCUT2D eigenvalue weighted by Gasteiger charge is -2.23. The van der Waals surface area contributed by atoms with Gasteiger partial charge in [0.1, 0.15) is 0 Å². The summed E-state index contributed by atoms with van der Waals surface area (Å²) in [6, 6.07) is 0. The van der Waals surface area contributed by atoms with Gasteiger partial charge < -0.3 is 0 Å². The first-order valence-corrected chi connectivity index (χ1v) is 10.0. The fourth-order valence-corrected chi connectivity index (χ4v) is 2.82. The third-order valence-electron chi connectivity index (χ3n) is 4.29. The average Bonchev–Trinajstić information content (AvgIpc) is 2.56. The molecule has 0 amide bonds. The lowest BCUT2D eigenvalue weighted by atomic mass is 9.90. The summed E-state index contributed by atoms with van der Waals surface area (Å²) in [5, 5.41) is 8.68. The summed E-state index contributed by atoms with van der Waals surface area (Å²) in [5.74, 6) is -0.213. The second-order valence-corrected chi connectivity index (χ2v) is 7.98. The lowest BCUT2D eigenvalue weighted by Crippen LogP contribution is -2.31. The van der Waals surface area contributed by atoms with Crippen molar-refractivity contribution in [1.82, 2.24) is 0 Å². The first kappa shape index (κ1) is 24.4. The van der Waals surface area contributed by atoms with Gasteiger partial charge in [-0.3, -0.25) is 4.89 Å². The Bertz CT molecular complexity index is 325. The van der Waals surface area contributed by atoms with Crippen LogP contribution in [0.2, 0.25) is 0 Å². The Morgan fingerprint density at radius 3 is 2.04 bits per heavy atom. The normalized spacial score (nSPS) is 14.3. The Morgan fingerprint density at radius 2 is 1.48 bits per heavy atom. The van der Waals surface area contributed by atoms with E-state index in [1.807, 2.05) is 20.8 Å². The Hall–Kier alpha value is -0.650. The van der Waals surface area contributed by atoms with Crippen LogP contribution >= 0.6 is 0 Å². The van der Waals surface area contributed by atoms with Gasteiger partial charge in [0.15, 0.2) is 6.10 Å². The number of carbonyl (C=O) groups excluding carboxylic acids is 1. The Morgan fingerprint density at radius 1 is 0.880 bits per heavy atom. The SMILES string of the molecule is CCCCCCCC(CCCC)CCC(OOC(C)(C)C)C(=O)OO. The standard InChI is InChI=1S/C20H40O5/c1-6-8-10-11-12-14-17(13-9-7-2)15-16-18(19(21)23-22)24-25-20(3,4)5/h17-18,22H,6-16H2,1-5H3. The maximum Gasteiger partial charge on any atom is 0.373 e. The quantitative estimate of drug-likeness (QED) is 0.218. The summed E-state index contributed by atoms with van der Waals surface area (Å²) in [6.45, 7) is 9.95.